The van der Waals surface area contributed by atoms with Gasteiger partial charge in [0.25, 0.3) is 0 Å². The minimum atomic E-state index is 0.821. The molecule has 3 heteroatoms. The van der Waals surface area contributed by atoms with Crippen LogP contribution in [0.5, 0.6) is 0 Å². The number of hydrogen-bond acceptors (Lipinski definition) is 1. The van der Waals surface area contributed by atoms with Crippen molar-refractivity contribution in [2.45, 2.75) is 26.2 Å². The van der Waals surface area contributed by atoms with Crippen molar-refractivity contribution in [1.29, 1.82) is 0 Å². The first-order valence-electron chi connectivity index (χ1n) is 7.11. The molecule has 0 amide bonds. The van der Waals surface area contributed by atoms with Crippen molar-refractivity contribution >= 4 is 22.5 Å². The van der Waals surface area contributed by atoms with Gasteiger partial charge < -0.3 is 9.88 Å². The number of hydrogen-bond donors (Lipinski definition) is 1. The van der Waals surface area contributed by atoms with Gasteiger partial charge in [-0.15, -0.1) is 0 Å². The maximum atomic E-state index is 6.12. The zero-order valence-corrected chi connectivity index (χ0v) is 12.4. The van der Waals surface area contributed by atoms with Crippen LogP contribution in [0.3, 0.4) is 0 Å². The summed E-state index contributed by atoms with van der Waals surface area (Å²) in [5.41, 5.74) is 4.16. The van der Waals surface area contributed by atoms with E-state index in [1.54, 1.807) is 0 Å². The molecule has 1 fully saturated rings. The highest BCUT2D eigenvalue weighted by atomic mass is 35.5. The SMILES string of the molecule is Cc1c(CC2CCNCC2)c2ccc(Cl)cc2n1C. The second-order valence-electron chi connectivity index (χ2n) is 5.68. The van der Waals surface area contributed by atoms with Crippen molar-refractivity contribution < 1.29 is 0 Å². The van der Waals surface area contributed by atoms with Gasteiger partial charge >= 0.3 is 0 Å². The summed E-state index contributed by atoms with van der Waals surface area (Å²) in [6.45, 7) is 4.56. The standard InChI is InChI=1S/C16H21ClN2/c1-11-15(9-12-5-7-18-8-6-12)14-4-3-13(17)10-16(14)19(11)2/h3-4,10,12,18H,5-9H2,1-2H3. The average molecular weight is 277 g/mol. The fourth-order valence-corrected chi connectivity index (χ4v) is 3.41. The first-order chi connectivity index (χ1) is 9.16. The minimum Gasteiger partial charge on any atom is -0.348 e. The Morgan fingerprint density at radius 2 is 2.05 bits per heavy atom. The van der Waals surface area contributed by atoms with Crippen molar-refractivity contribution in [2.24, 2.45) is 13.0 Å². The Kier molecular flexibility index (Phi) is 3.55. The zero-order chi connectivity index (χ0) is 13.4. The van der Waals surface area contributed by atoms with Gasteiger partial charge in [0.05, 0.1) is 0 Å². The minimum absolute atomic E-state index is 0.821. The van der Waals surface area contributed by atoms with Crippen LogP contribution in [0.1, 0.15) is 24.1 Å². The normalized spacial score (nSPS) is 17.2. The van der Waals surface area contributed by atoms with Crippen molar-refractivity contribution in [3.8, 4) is 0 Å². The number of rotatable bonds is 2. The molecule has 2 aromatic rings. The molecule has 19 heavy (non-hydrogen) atoms. The second-order valence-corrected chi connectivity index (χ2v) is 6.12. The second kappa shape index (κ2) is 5.18. The highest BCUT2D eigenvalue weighted by molar-refractivity contribution is 6.31. The van der Waals surface area contributed by atoms with Gasteiger partial charge in [0.15, 0.2) is 0 Å². The van der Waals surface area contributed by atoms with Gasteiger partial charge in [-0.25, -0.2) is 0 Å². The molecule has 1 aromatic carbocycles. The number of aromatic nitrogens is 1. The molecule has 1 aliphatic heterocycles. The Hall–Kier alpha value is -0.990. The van der Waals surface area contributed by atoms with Crippen LogP contribution < -0.4 is 5.32 Å². The average Bonchev–Trinajstić information content (AvgIpc) is 2.65. The Bertz CT molecular complexity index is 594. The molecular formula is C16H21ClN2. The molecule has 1 aromatic heterocycles. The van der Waals surface area contributed by atoms with Crippen LogP contribution in [0.15, 0.2) is 18.2 Å². The van der Waals surface area contributed by atoms with Crippen molar-refractivity contribution in [3.63, 3.8) is 0 Å². The molecule has 1 saturated heterocycles. The molecule has 0 bridgehead atoms. The summed E-state index contributed by atoms with van der Waals surface area (Å²) in [7, 11) is 2.14. The summed E-state index contributed by atoms with van der Waals surface area (Å²) in [5, 5.41) is 5.64. The van der Waals surface area contributed by atoms with E-state index in [1.807, 2.05) is 6.07 Å². The van der Waals surface area contributed by atoms with Crippen molar-refractivity contribution in [2.75, 3.05) is 13.1 Å². The molecule has 2 heterocycles. The lowest BCUT2D eigenvalue weighted by atomic mass is 9.90. The smallest absolute Gasteiger partial charge is 0.0497 e. The van der Waals surface area contributed by atoms with Gasteiger partial charge in [-0.1, -0.05) is 17.7 Å². The molecule has 0 unspecified atom stereocenters. The van der Waals surface area contributed by atoms with Gasteiger partial charge in [0, 0.05) is 28.7 Å². The van der Waals surface area contributed by atoms with Gasteiger partial charge in [-0.05, 0) is 62.9 Å². The summed E-state index contributed by atoms with van der Waals surface area (Å²) < 4.78 is 2.28. The first kappa shape index (κ1) is 13.0. The van der Waals surface area contributed by atoms with Crippen molar-refractivity contribution in [1.82, 2.24) is 9.88 Å². The highest BCUT2D eigenvalue weighted by Gasteiger charge is 2.18. The number of benzene rings is 1. The van der Waals surface area contributed by atoms with E-state index in [2.05, 4.69) is 36.0 Å². The number of halogens is 1. The van der Waals surface area contributed by atoms with E-state index >= 15 is 0 Å². The predicted octanol–water partition coefficient (Wildman–Crippen LogP) is 3.68. The molecule has 0 saturated carbocycles. The van der Waals surface area contributed by atoms with Gasteiger partial charge in [0.2, 0.25) is 0 Å². The van der Waals surface area contributed by atoms with E-state index in [-0.39, 0.29) is 0 Å². The monoisotopic (exact) mass is 276 g/mol. The quantitative estimate of drug-likeness (QED) is 0.885. The number of aryl methyl sites for hydroxylation is 1. The lowest BCUT2D eigenvalue weighted by Crippen LogP contribution is -2.28. The van der Waals surface area contributed by atoms with E-state index < -0.39 is 0 Å². The van der Waals surface area contributed by atoms with Crippen LogP contribution >= 0.6 is 11.6 Å². The lowest BCUT2D eigenvalue weighted by Gasteiger charge is -2.22. The molecule has 2 nitrogen and oxygen atoms in total. The highest BCUT2D eigenvalue weighted by Crippen LogP contribution is 2.30. The topological polar surface area (TPSA) is 17.0 Å². The number of piperidine rings is 1. The molecule has 102 valence electrons. The third-order valence-electron chi connectivity index (χ3n) is 4.54. The Morgan fingerprint density at radius 3 is 2.79 bits per heavy atom. The third kappa shape index (κ3) is 2.39. The van der Waals surface area contributed by atoms with Crippen LogP contribution in [-0.2, 0) is 13.5 Å². The summed E-state index contributed by atoms with van der Waals surface area (Å²) in [6, 6.07) is 6.27. The molecule has 0 atom stereocenters. The molecule has 0 spiro atoms. The maximum absolute atomic E-state index is 6.12. The van der Waals surface area contributed by atoms with E-state index in [0.717, 1.165) is 10.9 Å². The largest absolute Gasteiger partial charge is 0.348 e. The number of nitrogens with zero attached hydrogens (tertiary/aromatic N) is 1. The Labute approximate surface area is 119 Å². The predicted molar refractivity (Wildman–Crippen MR) is 82.0 cm³/mol. The van der Waals surface area contributed by atoms with Crippen molar-refractivity contribution in [3.05, 3.63) is 34.5 Å². The fourth-order valence-electron chi connectivity index (χ4n) is 3.25. The van der Waals surface area contributed by atoms with Gasteiger partial charge in [-0.2, -0.15) is 0 Å². The molecule has 0 aliphatic carbocycles. The molecule has 3 rings (SSSR count). The first-order valence-corrected chi connectivity index (χ1v) is 7.48. The fraction of sp³-hybridized carbons (Fsp3) is 0.500. The number of nitrogens with one attached hydrogen (secondary N) is 1. The lowest BCUT2D eigenvalue weighted by molar-refractivity contribution is 0.373. The van der Waals surface area contributed by atoms with Crippen LogP contribution in [0, 0.1) is 12.8 Å². The van der Waals surface area contributed by atoms with Crippen LogP contribution in [-0.4, -0.2) is 17.7 Å². The summed E-state index contributed by atoms with van der Waals surface area (Å²) >= 11 is 6.12. The molecule has 1 N–H and O–H groups in total. The third-order valence-corrected chi connectivity index (χ3v) is 4.77. The van der Waals surface area contributed by atoms with E-state index in [4.69, 9.17) is 11.6 Å². The van der Waals surface area contributed by atoms with Gasteiger partial charge in [0.1, 0.15) is 0 Å². The zero-order valence-electron chi connectivity index (χ0n) is 11.7. The Balaban J connectivity index is 2.00. The summed E-state index contributed by atoms with van der Waals surface area (Å²) in [6.07, 6.45) is 3.79. The summed E-state index contributed by atoms with van der Waals surface area (Å²) in [5.74, 6) is 0.821. The van der Waals surface area contributed by atoms with Crippen LogP contribution in [0.2, 0.25) is 5.02 Å². The maximum Gasteiger partial charge on any atom is 0.0497 e. The Morgan fingerprint density at radius 1 is 1.32 bits per heavy atom. The van der Waals surface area contributed by atoms with E-state index in [9.17, 15) is 0 Å². The molecular weight excluding hydrogens is 256 g/mol. The van der Waals surface area contributed by atoms with Gasteiger partial charge in [-0.3, -0.25) is 0 Å². The van der Waals surface area contributed by atoms with E-state index in [0.29, 0.717) is 0 Å². The van der Waals surface area contributed by atoms with Crippen LogP contribution in [0.4, 0.5) is 0 Å². The summed E-state index contributed by atoms with van der Waals surface area (Å²) in [4.78, 5) is 0. The van der Waals surface area contributed by atoms with Crippen LogP contribution in [0.25, 0.3) is 10.9 Å². The molecule has 0 radical (unpaired) electrons. The number of fused-ring (bicyclic) bond motifs is 1. The van der Waals surface area contributed by atoms with E-state index in [1.165, 1.54) is 54.5 Å². The molecule has 1 aliphatic rings.